The predicted molar refractivity (Wildman–Crippen MR) is 69.5 cm³/mol. The largest absolute Gasteiger partial charge is 0.396 e. The van der Waals surface area contributed by atoms with Crippen LogP contribution in [0.25, 0.3) is 0 Å². The van der Waals surface area contributed by atoms with E-state index >= 15 is 0 Å². The molecule has 0 spiro atoms. The quantitative estimate of drug-likeness (QED) is 0.780. The number of aliphatic hydroxyl groups is 1. The zero-order chi connectivity index (χ0) is 12.2. The first kappa shape index (κ1) is 14.0. The van der Waals surface area contributed by atoms with Crippen molar-refractivity contribution in [2.24, 2.45) is 11.3 Å². The Morgan fingerprint density at radius 1 is 1.19 bits per heavy atom. The summed E-state index contributed by atoms with van der Waals surface area (Å²) in [5.41, 5.74) is 0.130. The molecule has 1 aliphatic heterocycles. The van der Waals surface area contributed by atoms with Crippen molar-refractivity contribution in [3.63, 3.8) is 0 Å². The molecule has 2 nitrogen and oxygen atoms in total. The van der Waals surface area contributed by atoms with Crippen LogP contribution in [-0.2, 0) is 0 Å². The van der Waals surface area contributed by atoms with Crippen LogP contribution < -0.4 is 0 Å². The van der Waals surface area contributed by atoms with Crippen molar-refractivity contribution < 1.29 is 5.11 Å². The molecule has 2 heteroatoms. The van der Waals surface area contributed by atoms with E-state index in [0.717, 1.165) is 25.3 Å². The van der Waals surface area contributed by atoms with E-state index in [0.29, 0.717) is 12.6 Å². The van der Waals surface area contributed by atoms with Gasteiger partial charge in [-0.2, -0.15) is 0 Å². The summed E-state index contributed by atoms with van der Waals surface area (Å²) in [7, 11) is 0. The molecule has 1 fully saturated rings. The normalized spacial score (nSPS) is 28.3. The summed E-state index contributed by atoms with van der Waals surface area (Å²) in [6, 6.07) is 0.695. The molecular formula is C14H29NO. The molecule has 1 rings (SSSR count). The van der Waals surface area contributed by atoms with Crippen molar-refractivity contribution in [3.05, 3.63) is 0 Å². The molecule has 0 amide bonds. The van der Waals surface area contributed by atoms with Gasteiger partial charge in [0, 0.05) is 31.2 Å². The van der Waals surface area contributed by atoms with Crippen molar-refractivity contribution in [2.45, 2.75) is 59.4 Å². The molecule has 0 bridgehead atoms. The average molecular weight is 227 g/mol. The van der Waals surface area contributed by atoms with Gasteiger partial charge in [-0.1, -0.05) is 20.8 Å². The van der Waals surface area contributed by atoms with Crippen molar-refractivity contribution in [1.82, 2.24) is 4.90 Å². The van der Waals surface area contributed by atoms with Gasteiger partial charge >= 0.3 is 0 Å². The van der Waals surface area contributed by atoms with Crippen molar-refractivity contribution >= 4 is 0 Å². The van der Waals surface area contributed by atoms with Gasteiger partial charge in [0.1, 0.15) is 0 Å². The lowest BCUT2D eigenvalue weighted by molar-refractivity contribution is 0.0258. The molecule has 2 atom stereocenters. The van der Waals surface area contributed by atoms with E-state index in [4.69, 9.17) is 0 Å². The summed E-state index contributed by atoms with van der Waals surface area (Å²) in [6.07, 6.45) is 4.84. The Balaban J connectivity index is 2.62. The maximum absolute atomic E-state index is 9.63. The van der Waals surface area contributed by atoms with Crippen LogP contribution in [0.15, 0.2) is 0 Å². The Bertz CT molecular complexity index is 193. The SMILES string of the molecule is CCC(CC)(CO)CN1CC(C)CCC1C. The van der Waals surface area contributed by atoms with E-state index in [-0.39, 0.29) is 5.41 Å². The maximum Gasteiger partial charge on any atom is 0.0499 e. The van der Waals surface area contributed by atoms with Gasteiger partial charge in [-0.05, 0) is 38.5 Å². The fraction of sp³-hybridized carbons (Fsp3) is 1.00. The maximum atomic E-state index is 9.63. The summed E-state index contributed by atoms with van der Waals surface area (Å²) >= 11 is 0. The Kier molecular flexibility index (Phi) is 5.26. The van der Waals surface area contributed by atoms with Crippen LogP contribution in [0.2, 0.25) is 0 Å². The van der Waals surface area contributed by atoms with E-state index in [1.807, 2.05) is 0 Å². The highest BCUT2D eigenvalue weighted by molar-refractivity contribution is 4.85. The van der Waals surface area contributed by atoms with Gasteiger partial charge in [-0.25, -0.2) is 0 Å². The van der Waals surface area contributed by atoms with Crippen molar-refractivity contribution in [2.75, 3.05) is 19.7 Å². The minimum absolute atomic E-state index is 0.130. The average Bonchev–Trinajstić information content (AvgIpc) is 2.31. The molecule has 16 heavy (non-hydrogen) atoms. The smallest absolute Gasteiger partial charge is 0.0499 e. The van der Waals surface area contributed by atoms with Gasteiger partial charge in [-0.3, -0.25) is 4.90 Å². The molecular weight excluding hydrogens is 198 g/mol. The van der Waals surface area contributed by atoms with Crippen LogP contribution in [-0.4, -0.2) is 35.7 Å². The number of hydrogen-bond acceptors (Lipinski definition) is 2. The van der Waals surface area contributed by atoms with Gasteiger partial charge in [0.2, 0.25) is 0 Å². The van der Waals surface area contributed by atoms with Gasteiger partial charge in [-0.15, -0.1) is 0 Å². The lowest BCUT2D eigenvalue weighted by Gasteiger charge is -2.43. The second-order valence-corrected chi connectivity index (χ2v) is 5.83. The molecule has 0 aromatic carbocycles. The Hall–Kier alpha value is -0.0800. The first-order chi connectivity index (χ1) is 7.56. The fourth-order valence-electron chi connectivity index (χ4n) is 2.78. The Morgan fingerprint density at radius 3 is 2.31 bits per heavy atom. The van der Waals surface area contributed by atoms with E-state index in [1.54, 1.807) is 0 Å². The molecule has 96 valence electrons. The monoisotopic (exact) mass is 227 g/mol. The van der Waals surface area contributed by atoms with Gasteiger partial charge in [0.25, 0.3) is 0 Å². The number of likely N-dealkylation sites (tertiary alicyclic amines) is 1. The highest BCUT2D eigenvalue weighted by Gasteiger charge is 2.32. The summed E-state index contributed by atoms with van der Waals surface area (Å²) in [6.45, 7) is 11.7. The van der Waals surface area contributed by atoms with Gasteiger partial charge in [0.15, 0.2) is 0 Å². The first-order valence-corrected chi connectivity index (χ1v) is 6.91. The summed E-state index contributed by atoms with van der Waals surface area (Å²) in [4.78, 5) is 2.59. The molecule has 0 radical (unpaired) electrons. The summed E-state index contributed by atoms with van der Waals surface area (Å²) < 4.78 is 0. The van der Waals surface area contributed by atoms with Crippen molar-refractivity contribution in [3.8, 4) is 0 Å². The van der Waals surface area contributed by atoms with E-state index in [2.05, 4.69) is 32.6 Å². The third kappa shape index (κ3) is 3.21. The van der Waals surface area contributed by atoms with Crippen LogP contribution in [0.3, 0.4) is 0 Å². The second kappa shape index (κ2) is 6.02. The molecule has 0 saturated carbocycles. The van der Waals surface area contributed by atoms with E-state index in [1.165, 1.54) is 19.4 Å². The number of nitrogens with zero attached hydrogens (tertiary/aromatic N) is 1. The lowest BCUT2D eigenvalue weighted by Crippen LogP contribution is -2.48. The van der Waals surface area contributed by atoms with Gasteiger partial charge < -0.3 is 5.11 Å². The first-order valence-electron chi connectivity index (χ1n) is 6.91. The summed E-state index contributed by atoms with van der Waals surface area (Å²) in [5, 5.41) is 9.63. The highest BCUT2D eigenvalue weighted by Crippen LogP contribution is 2.31. The molecule has 2 unspecified atom stereocenters. The van der Waals surface area contributed by atoms with Crippen molar-refractivity contribution in [1.29, 1.82) is 0 Å². The van der Waals surface area contributed by atoms with E-state index < -0.39 is 0 Å². The molecule has 0 aromatic heterocycles. The van der Waals surface area contributed by atoms with Crippen LogP contribution >= 0.6 is 0 Å². The molecule has 1 heterocycles. The lowest BCUT2D eigenvalue weighted by atomic mass is 9.81. The van der Waals surface area contributed by atoms with Crippen LogP contribution in [0, 0.1) is 11.3 Å². The third-order valence-electron chi connectivity index (χ3n) is 4.62. The third-order valence-corrected chi connectivity index (χ3v) is 4.62. The molecule has 1 N–H and O–H groups in total. The standard InChI is InChI=1S/C14H29NO/c1-5-14(6-2,11-16)10-15-9-12(3)7-8-13(15)4/h12-13,16H,5-11H2,1-4H3. The molecule has 1 aliphatic rings. The second-order valence-electron chi connectivity index (χ2n) is 5.83. The van der Waals surface area contributed by atoms with Crippen LogP contribution in [0.1, 0.15) is 53.4 Å². The molecule has 0 aliphatic carbocycles. The zero-order valence-electron chi connectivity index (χ0n) is 11.5. The Labute approximate surface area is 101 Å². The fourth-order valence-corrected chi connectivity index (χ4v) is 2.78. The number of hydrogen-bond donors (Lipinski definition) is 1. The van der Waals surface area contributed by atoms with Crippen LogP contribution in [0.4, 0.5) is 0 Å². The number of aliphatic hydroxyl groups excluding tert-OH is 1. The molecule has 1 saturated heterocycles. The minimum atomic E-state index is 0.130. The van der Waals surface area contributed by atoms with Gasteiger partial charge in [0.05, 0.1) is 0 Å². The minimum Gasteiger partial charge on any atom is -0.396 e. The molecule has 0 aromatic rings. The Morgan fingerprint density at radius 2 is 1.81 bits per heavy atom. The van der Waals surface area contributed by atoms with E-state index in [9.17, 15) is 5.11 Å². The van der Waals surface area contributed by atoms with Crippen LogP contribution in [0.5, 0.6) is 0 Å². The number of piperidine rings is 1. The number of rotatable bonds is 5. The summed E-state index contributed by atoms with van der Waals surface area (Å²) in [5.74, 6) is 0.821. The topological polar surface area (TPSA) is 23.5 Å². The highest BCUT2D eigenvalue weighted by atomic mass is 16.3. The zero-order valence-corrected chi connectivity index (χ0v) is 11.5. The predicted octanol–water partition coefficient (Wildman–Crippen LogP) is 2.91.